The Hall–Kier alpha value is -2.67. The molecule has 0 unspecified atom stereocenters. The highest BCUT2D eigenvalue weighted by Gasteiger charge is 2.36. The maximum Gasteiger partial charge on any atom is 0.254 e. The van der Waals surface area contributed by atoms with Crippen LogP contribution in [0, 0.1) is 0 Å². The SMILES string of the molecule is CCN(Cc1ccccc1)C(=O)c1cccc(N2C(=O)CCS2(=O)=O)c1. The summed E-state index contributed by atoms with van der Waals surface area (Å²) in [7, 11) is -3.65. The van der Waals surface area contributed by atoms with Crippen LogP contribution in [0.4, 0.5) is 5.69 Å². The third kappa shape index (κ3) is 3.62. The molecular weight excluding hydrogens is 352 g/mol. The van der Waals surface area contributed by atoms with Crippen molar-refractivity contribution >= 4 is 27.5 Å². The maximum absolute atomic E-state index is 12.9. The summed E-state index contributed by atoms with van der Waals surface area (Å²) >= 11 is 0. The van der Waals surface area contributed by atoms with Gasteiger partial charge in [-0.25, -0.2) is 12.7 Å². The Bertz CT molecular complexity index is 926. The maximum atomic E-state index is 12.9. The van der Waals surface area contributed by atoms with Crippen LogP contribution >= 0.6 is 0 Å². The Kier molecular flexibility index (Phi) is 5.08. The number of carbonyl (C=O) groups is 2. The topological polar surface area (TPSA) is 74.8 Å². The first-order chi connectivity index (χ1) is 12.4. The van der Waals surface area contributed by atoms with E-state index in [1.807, 2.05) is 37.3 Å². The Morgan fingerprint density at radius 3 is 2.46 bits per heavy atom. The zero-order chi connectivity index (χ0) is 18.7. The fraction of sp³-hybridized carbons (Fsp3) is 0.263. The van der Waals surface area contributed by atoms with Crippen molar-refractivity contribution in [2.75, 3.05) is 16.6 Å². The second-order valence-corrected chi connectivity index (χ2v) is 8.02. The number of anilines is 1. The lowest BCUT2D eigenvalue weighted by Crippen LogP contribution is -2.31. The molecule has 2 aromatic rings. The van der Waals surface area contributed by atoms with E-state index >= 15 is 0 Å². The van der Waals surface area contributed by atoms with Gasteiger partial charge in [-0.3, -0.25) is 9.59 Å². The molecular formula is C19H20N2O4S. The lowest BCUT2D eigenvalue weighted by Gasteiger charge is -2.22. The fourth-order valence-electron chi connectivity index (χ4n) is 2.95. The number of sulfonamides is 1. The van der Waals surface area contributed by atoms with Crippen LogP contribution in [0.2, 0.25) is 0 Å². The number of hydrogen-bond donors (Lipinski definition) is 0. The van der Waals surface area contributed by atoms with Crippen LogP contribution in [0.15, 0.2) is 54.6 Å². The quantitative estimate of drug-likeness (QED) is 0.808. The third-order valence-electron chi connectivity index (χ3n) is 4.29. The van der Waals surface area contributed by atoms with Crippen LogP contribution in [0.1, 0.15) is 29.3 Å². The molecule has 7 heteroatoms. The average molecular weight is 372 g/mol. The summed E-state index contributed by atoms with van der Waals surface area (Å²) in [6.45, 7) is 2.86. The van der Waals surface area contributed by atoms with Crippen LogP contribution in [0.5, 0.6) is 0 Å². The standard InChI is InChI=1S/C19H20N2O4S/c1-2-20(14-15-7-4-3-5-8-15)19(23)16-9-6-10-17(13-16)21-18(22)11-12-26(21,24)25/h3-10,13H,2,11-12,14H2,1H3. The van der Waals surface area contributed by atoms with E-state index in [2.05, 4.69) is 0 Å². The lowest BCUT2D eigenvalue weighted by molar-refractivity contribution is -0.116. The first-order valence-electron chi connectivity index (χ1n) is 8.41. The molecule has 2 aromatic carbocycles. The summed E-state index contributed by atoms with van der Waals surface area (Å²) in [4.78, 5) is 26.5. The highest BCUT2D eigenvalue weighted by Crippen LogP contribution is 2.26. The minimum atomic E-state index is -3.65. The van der Waals surface area contributed by atoms with Crippen molar-refractivity contribution in [3.05, 3.63) is 65.7 Å². The average Bonchev–Trinajstić information content (AvgIpc) is 2.92. The highest BCUT2D eigenvalue weighted by atomic mass is 32.2. The smallest absolute Gasteiger partial charge is 0.254 e. The first kappa shape index (κ1) is 18.1. The molecule has 0 bridgehead atoms. The molecule has 2 amide bonds. The van der Waals surface area contributed by atoms with Crippen molar-refractivity contribution in [3.8, 4) is 0 Å². The molecule has 26 heavy (non-hydrogen) atoms. The van der Waals surface area contributed by atoms with Gasteiger partial charge in [-0.1, -0.05) is 36.4 Å². The second-order valence-electron chi connectivity index (χ2n) is 6.08. The van der Waals surface area contributed by atoms with Crippen molar-refractivity contribution in [1.29, 1.82) is 0 Å². The van der Waals surface area contributed by atoms with Crippen LogP contribution < -0.4 is 4.31 Å². The van der Waals surface area contributed by atoms with E-state index < -0.39 is 15.9 Å². The molecule has 1 fully saturated rings. The number of rotatable bonds is 5. The van der Waals surface area contributed by atoms with Crippen molar-refractivity contribution in [2.24, 2.45) is 0 Å². The Morgan fingerprint density at radius 2 is 1.85 bits per heavy atom. The van der Waals surface area contributed by atoms with E-state index in [1.165, 1.54) is 12.1 Å². The summed E-state index contributed by atoms with van der Waals surface area (Å²) in [5.41, 5.74) is 1.58. The zero-order valence-corrected chi connectivity index (χ0v) is 15.3. The minimum Gasteiger partial charge on any atom is -0.335 e. The molecule has 3 rings (SSSR count). The Morgan fingerprint density at radius 1 is 1.12 bits per heavy atom. The number of amides is 2. The summed E-state index contributed by atoms with van der Waals surface area (Å²) < 4.78 is 25.0. The van der Waals surface area contributed by atoms with E-state index in [-0.39, 0.29) is 23.8 Å². The van der Waals surface area contributed by atoms with E-state index in [0.717, 1.165) is 9.87 Å². The van der Waals surface area contributed by atoms with Crippen LogP contribution in [0.3, 0.4) is 0 Å². The molecule has 0 aliphatic carbocycles. The predicted octanol–water partition coefficient (Wildman–Crippen LogP) is 2.42. The monoisotopic (exact) mass is 372 g/mol. The highest BCUT2D eigenvalue weighted by molar-refractivity contribution is 7.94. The van der Waals surface area contributed by atoms with Crippen LogP contribution in [-0.4, -0.2) is 37.4 Å². The number of hydrogen-bond acceptors (Lipinski definition) is 4. The van der Waals surface area contributed by atoms with Crippen molar-refractivity contribution in [2.45, 2.75) is 19.9 Å². The fourth-order valence-corrected chi connectivity index (χ4v) is 4.40. The van der Waals surface area contributed by atoms with E-state index in [9.17, 15) is 18.0 Å². The molecule has 1 aliphatic heterocycles. The number of benzene rings is 2. The van der Waals surface area contributed by atoms with Crippen molar-refractivity contribution < 1.29 is 18.0 Å². The molecule has 6 nitrogen and oxygen atoms in total. The molecule has 1 aliphatic rings. The summed E-state index contributed by atoms with van der Waals surface area (Å²) in [5.74, 6) is -0.868. The van der Waals surface area contributed by atoms with Gasteiger partial charge in [-0.05, 0) is 30.7 Å². The molecule has 1 saturated heterocycles. The van der Waals surface area contributed by atoms with Crippen molar-refractivity contribution in [1.82, 2.24) is 4.90 Å². The largest absolute Gasteiger partial charge is 0.335 e. The summed E-state index contributed by atoms with van der Waals surface area (Å²) in [6.07, 6.45) is -0.0321. The molecule has 0 spiro atoms. The van der Waals surface area contributed by atoms with Gasteiger partial charge in [0.05, 0.1) is 11.4 Å². The normalized spacial score (nSPS) is 15.9. The van der Waals surface area contributed by atoms with Crippen molar-refractivity contribution in [3.63, 3.8) is 0 Å². The molecule has 0 N–H and O–H groups in total. The van der Waals surface area contributed by atoms with Gasteiger partial charge in [0.2, 0.25) is 15.9 Å². The van der Waals surface area contributed by atoms with Gasteiger partial charge in [-0.15, -0.1) is 0 Å². The zero-order valence-electron chi connectivity index (χ0n) is 14.5. The van der Waals surface area contributed by atoms with Crippen LogP contribution in [-0.2, 0) is 21.4 Å². The molecule has 1 heterocycles. The number of carbonyl (C=O) groups excluding carboxylic acids is 2. The van der Waals surface area contributed by atoms with E-state index in [1.54, 1.807) is 17.0 Å². The van der Waals surface area contributed by atoms with E-state index in [0.29, 0.717) is 18.7 Å². The van der Waals surface area contributed by atoms with Crippen LogP contribution in [0.25, 0.3) is 0 Å². The summed E-state index contributed by atoms with van der Waals surface area (Å²) in [5, 5.41) is 0. The van der Waals surface area contributed by atoms with Gasteiger partial charge in [0.25, 0.3) is 5.91 Å². The van der Waals surface area contributed by atoms with Gasteiger partial charge < -0.3 is 4.90 Å². The molecule has 136 valence electrons. The Labute approximate surface area is 153 Å². The lowest BCUT2D eigenvalue weighted by atomic mass is 10.1. The predicted molar refractivity (Wildman–Crippen MR) is 99.2 cm³/mol. The molecule has 0 radical (unpaired) electrons. The van der Waals surface area contributed by atoms with Gasteiger partial charge in [0, 0.05) is 25.1 Å². The third-order valence-corrected chi connectivity index (χ3v) is 5.98. The van der Waals surface area contributed by atoms with Gasteiger partial charge in [-0.2, -0.15) is 0 Å². The van der Waals surface area contributed by atoms with Gasteiger partial charge in [0.15, 0.2) is 0 Å². The minimum absolute atomic E-state index is 0.0321. The first-order valence-corrected chi connectivity index (χ1v) is 10.0. The Balaban J connectivity index is 1.87. The molecule has 0 atom stereocenters. The molecule has 0 aromatic heterocycles. The number of nitrogens with zero attached hydrogens (tertiary/aromatic N) is 2. The second kappa shape index (κ2) is 7.29. The van der Waals surface area contributed by atoms with Gasteiger partial charge >= 0.3 is 0 Å². The summed E-state index contributed by atoms with van der Waals surface area (Å²) in [6, 6.07) is 15.9. The van der Waals surface area contributed by atoms with E-state index in [4.69, 9.17) is 0 Å². The molecule has 0 saturated carbocycles. The van der Waals surface area contributed by atoms with Gasteiger partial charge in [0.1, 0.15) is 0 Å².